The highest BCUT2D eigenvalue weighted by Gasteiger charge is 2.67. The number of carbonyl (C=O) groups excluding carboxylic acids is 1. The molecule has 0 bridgehead atoms. The van der Waals surface area contributed by atoms with Crippen LogP contribution in [-0.4, -0.2) is 34.4 Å². The Morgan fingerprint density at radius 2 is 1.81 bits per heavy atom. The number of allylic oxidation sites excluding steroid dienone is 2. The summed E-state index contributed by atoms with van der Waals surface area (Å²) in [6, 6.07) is 10.0. The number of nitrogens with one attached hydrogen (secondary N) is 1. The Balaban J connectivity index is 1.83. The van der Waals surface area contributed by atoms with Gasteiger partial charge in [-0.05, 0) is 48.2 Å². The van der Waals surface area contributed by atoms with E-state index in [9.17, 15) is 15.0 Å². The molecule has 1 amide bonds. The predicted octanol–water partition coefficient (Wildman–Crippen LogP) is 4.05. The molecule has 1 aliphatic heterocycles. The topological polar surface area (TPSA) is 69.6 Å². The van der Waals surface area contributed by atoms with Gasteiger partial charge in [-0.25, -0.2) is 0 Å². The van der Waals surface area contributed by atoms with Gasteiger partial charge in [-0.15, -0.1) is 0 Å². The molecule has 1 aromatic rings. The van der Waals surface area contributed by atoms with E-state index in [1.165, 1.54) is 0 Å². The number of hydrogen-bond donors (Lipinski definition) is 3. The first-order valence-electron chi connectivity index (χ1n) is 12.0. The fraction of sp³-hybridized carbons (Fsp3) is 0.536. The maximum Gasteiger partial charge on any atom is 0.230 e. The molecule has 2 aliphatic carbocycles. The molecule has 1 saturated carbocycles. The summed E-state index contributed by atoms with van der Waals surface area (Å²) < 4.78 is 0. The molecule has 1 saturated heterocycles. The second kappa shape index (κ2) is 8.99. The summed E-state index contributed by atoms with van der Waals surface area (Å²) in [6.45, 7) is 10.7. The van der Waals surface area contributed by atoms with Crippen LogP contribution >= 0.6 is 0 Å². The summed E-state index contributed by atoms with van der Waals surface area (Å²) >= 11 is 0. The van der Waals surface area contributed by atoms with Crippen molar-refractivity contribution in [2.45, 2.75) is 58.3 Å². The molecule has 1 aromatic carbocycles. The Bertz CT molecular complexity index is 907. The summed E-state index contributed by atoms with van der Waals surface area (Å²) in [5, 5.41) is 26.2. The molecular formula is C28H37NO3. The fourth-order valence-corrected chi connectivity index (χ4v) is 6.56. The minimum absolute atomic E-state index is 0.105. The third-order valence-electron chi connectivity index (χ3n) is 8.16. The Labute approximate surface area is 192 Å². The van der Waals surface area contributed by atoms with E-state index in [-0.39, 0.29) is 23.8 Å². The number of carbonyl (C=O) groups is 1. The standard InChI is InChI=1S/C28H37NO3/c1-17-9-8-12-22-26(31)20(4)19(3)25-23(16-21-10-6-5-7-11-21)29-27(32)28(22,25)24(30)14-13-18(2)15-17/h5-8,10-14,17-19,22-26,30-31H,4,9,15-16H2,1-3H3,(H,29,32)/b12-8-,14-13-/t17-,18+,19+,22-,23-,24+,25-,26+,28+/m0/s1. The van der Waals surface area contributed by atoms with Gasteiger partial charge in [0.25, 0.3) is 0 Å². The molecule has 172 valence electrons. The third kappa shape index (κ3) is 3.78. The zero-order valence-electron chi connectivity index (χ0n) is 19.4. The SMILES string of the molecule is C=C1[C@@H](C)[C@H]2[C@H](Cc3ccccc3)NC(=O)[C@]23[C@H](O)/C=C\[C@@H](C)C[C@@H](C)C/C=C\[C@H]3[C@@H]1O. The van der Waals surface area contributed by atoms with Crippen molar-refractivity contribution in [2.75, 3.05) is 0 Å². The van der Waals surface area contributed by atoms with Crippen LogP contribution in [0.15, 0.2) is 66.8 Å². The quantitative estimate of drug-likeness (QED) is 0.614. The largest absolute Gasteiger partial charge is 0.388 e. The summed E-state index contributed by atoms with van der Waals surface area (Å²) in [6.07, 6.45) is 8.69. The minimum atomic E-state index is -1.13. The number of aliphatic hydroxyl groups is 2. The van der Waals surface area contributed by atoms with Crippen molar-refractivity contribution in [2.24, 2.45) is 35.0 Å². The number of hydrogen-bond acceptors (Lipinski definition) is 3. The van der Waals surface area contributed by atoms with Crippen LogP contribution in [0.2, 0.25) is 0 Å². The summed E-state index contributed by atoms with van der Waals surface area (Å²) in [5.41, 5.74) is 0.775. The molecule has 4 rings (SSSR count). The van der Waals surface area contributed by atoms with Crippen molar-refractivity contribution in [1.29, 1.82) is 0 Å². The van der Waals surface area contributed by atoms with Gasteiger partial charge >= 0.3 is 0 Å². The van der Waals surface area contributed by atoms with E-state index in [1.807, 2.05) is 43.4 Å². The molecule has 3 N–H and O–H groups in total. The Morgan fingerprint density at radius 3 is 2.53 bits per heavy atom. The molecule has 4 nitrogen and oxygen atoms in total. The molecule has 0 aromatic heterocycles. The smallest absolute Gasteiger partial charge is 0.230 e. The first-order valence-corrected chi connectivity index (χ1v) is 12.0. The highest BCUT2D eigenvalue weighted by molar-refractivity contribution is 5.88. The second-order valence-corrected chi connectivity index (χ2v) is 10.4. The van der Waals surface area contributed by atoms with Gasteiger partial charge in [0.2, 0.25) is 5.91 Å². The zero-order valence-corrected chi connectivity index (χ0v) is 19.4. The van der Waals surface area contributed by atoms with Gasteiger partial charge in [0.1, 0.15) is 0 Å². The van der Waals surface area contributed by atoms with Crippen LogP contribution in [0.25, 0.3) is 0 Å². The first-order chi connectivity index (χ1) is 15.3. The van der Waals surface area contributed by atoms with Crippen LogP contribution in [0.5, 0.6) is 0 Å². The molecule has 0 radical (unpaired) electrons. The van der Waals surface area contributed by atoms with Gasteiger partial charge in [-0.3, -0.25) is 4.79 Å². The number of aliphatic hydroxyl groups excluding tert-OH is 2. The molecule has 4 heteroatoms. The van der Waals surface area contributed by atoms with Crippen molar-refractivity contribution < 1.29 is 15.0 Å². The molecule has 9 atom stereocenters. The monoisotopic (exact) mass is 435 g/mol. The fourth-order valence-electron chi connectivity index (χ4n) is 6.56. The van der Waals surface area contributed by atoms with Gasteiger partial charge in [0.05, 0.1) is 17.6 Å². The maximum atomic E-state index is 13.8. The summed E-state index contributed by atoms with van der Waals surface area (Å²) in [7, 11) is 0. The Morgan fingerprint density at radius 1 is 1.09 bits per heavy atom. The van der Waals surface area contributed by atoms with E-state index in [2.05, 4.69) is 44.0 Å². The lowest BCUT2D eigenvalue weighted by atomic mass is 9.51. The van der Waals surface area contributed by atoms with Crippen LogP contribution in [0, 0.1) is 35.0 Å². The van der Waals surface area contributed by atoms with Crippen LogP contribution < -0.4 is 5.32 Å². The molecular weight excluding hydrogens is 398 g/mol. The molecule has 1 spiro atoms. The van der Waals surface area contributed by atoms with Gasteiger partial charge in [-0.2, -0.15) is 0 Å². The highest BCUT2D eigenvalue weighted by atomic mass is 16.3. The van der Waals surface area contributed by atoms with Crippen molar-refractivity contribution in [3.63, 3.8) is 0 Å². The van der Waals surface area contributed by atoms with Gasteiger partial charge in [0.15, 0.2) is 0 Å². The van der Waals surface area contributed by atoms with E-state index in [1.54, 1.807) is 0 Å². The lowest BCUT2D eigenvalue weighted by Gasteiger charge is -2.51. The van der Waals surface area contributed by atoms with E-state index in [4.69, 9.17) is 0 Å². The molecule has 1 heterocycles. The average molecular weight is 436 g/mol. The summed E-state index contributed by atoms with van der Waals surface area (Å²) in [4.78, 5) is 13.8. The van der Waals surface area contributed by atoms with Crippen molar-refractivity contribution in [3.05, 3.63) is 72.4 Å². The first kappa shape index (κ1) is 23.0. The molecule has 0 unspecified atom stereocenters. The van der Waals surface area contributed by atoms with E-state index in [0.29, 0.717) is 18.3 Å². The second-order valence-electron chi connectivity index (χ2n) is 10.4. The van der Waals surface area contributed by atoms with Crippen LogP contribution in [0.4, 0.5) is 0 Å². The predicted molar refractivity (Wildman–Crippen MR) is 128 cm³/mol. The number of amides is 1. The lowest BCUT2D eigenvalue weighted by Crippen LogP contribution is -2.59. The van der Waals surface area contributed by atoms with E-state index < -0.39 is 23.5 Å². The molecule has 3 aliphatic rings. The van der Waals surface area contributed by atoms with Crippen molar-refractivity contribution in [3.8, 4) is 0 Å². The van der Waals surface area contributed by atoms with Crippen LogP contribution in [0.3, 0.4) is 0 Å². The van der Waals surface area contributed by atoms with Crippen molar-refractivity contribution in [1.82, 2.24) is 5.32 Å². The van der Waals surface area contributed by atoms with Crippen molar-refractivity contribution >= 4 is 5.91 Å². The average Bonchev–Trinajstić information content (AvgIpc) is 3.04. The maximum absolute atomic E-state index is 13.8. The highest BCUT2D eigenvalue weighted by Crippen LogP contribution is 2.57. The Kier molecular flexibility index (Phi) is 6.46. The normalized spacial score (nSPS) is 44.0. The zero-order chi connectivity index (χ0) is 23.0. The molecule has 2 fully saturated rings. The molecule has 32 heavy (non-hydrogen) atoms. The van der Waals surface area contributed by atoms with E-state index in [0.717, 1.165) is 24.0 Å². The number of benzene rings is 1. The third-order valence-corrected chi connectivity index (χ3v) is 8.16. The number of rotatable bonds is 2. The van der Waals surface area contributed by atoms with Gasteiger partial charge < -0.3 is 15.5 Å². The van der Waals surface area contributed by atoms with Crippen LogP contribution in [-0.2, 0) is 11.2 Å². The van der Waals surface area contributed by atoms with Crippen LogP contribution in [0.1, 0.15) is 39.2 Å². The van der Waals surface area contributed by atoms with E-state index >= 15 is 0 Å². The van der Waals surface area contributed by atoms with Gasteiger partial charge in [0, 0.05) is 17.9 Å². The minimum Gasteiger partial charge on any atom is -0.388 e. The Hall–Kier alpha value is -2.17. The summed E-state index contributed by atoms with van der Waals surface area (Å²) in [5.74, 6) is -0.157. The van der Waals surface area contributed by atoms with Gasteiger partial charge in [-0.1, -0.05) is 82.0 Å². The lowest BCUT2D eigenvalue weighted by molar-refractivity contribution is -0.147.